The van der Waals surface area contributed by atoms with Gasteiger partial charge in [-0.3, -0.25) is 4.98 Å². The first-order valence-corrected chi connectivity index (χ1v) is 16.3. The van der Waals surface area contributed by atoms with E-state index in [9.17, 15) is 0 Å². The standard InChI is InChI=1S/C45H31N3/c1-3-12-30(13-4-1)32-21-22-41-43(28-32)47-45(48-44(41)31-14-5-2-6-15-31)37-25-35(34-17-11-23-46-29-34)24-36(26-37)42-27-33-16-7-8-18-38(33)39-19-9-10-20-40(39)42/h1-29,44H,(H,47,48). The predicted octanol–water partition coefficient (Wildman–Crippen LogP) is 11.2. The summed E-state index contributed by atoms with van der Waals surface area (Å²) >= 11 is 0. The Balaban J connectivity index is 1.27. The van der Waals surface area contributed by atoms with Gasteiger partial charge in [0.2, 0.25) is 0 Å². The predicted molar refractivity (Wildman–Crippen MR) is 200 cm³/mol. The van der Waals surface area contributed by atoms with Crippen LogP contribution in [0.3, 0.4) is 0 Å². The fourth-order valence-corrected chi connectivity index (χ4v) is 7.03. The smallest absolute Gasteiger partial charge is 0.134 e. The molecule has 0 aliphatic carbocycles. The van der Waals surface area contributed by atoms with E-state index in [2.05, 4.69) is 168 Å². The van der Waals surface area contributed by atoms with Gasteiger partial charge in [-0.1, -0.05) is 127 Å². The van der Waals surface area contributed by atoms with Crippen molar-refractivity contribution < 1.29 is 0 Å². The summed E-state index contributed by atoms with van der Waals surface area (Å²) in [5.74, 6) is 0.846. The Labute approximate surface area is 279 Å². The summed E-state index contributed by atoms with van der Waals surface area (Å²) < 4.78 is 0. The largest absolute Gasteiger partial charge is 0.359 e. The van der Waals surface area contributed by atoms with Gasteiger partial charge < -0.3 is 5.32 Å². The highest BCUT2D eigenvalue weighted by Crippen LogP contribution is 2.40. The van der Waals surface area contributed by atoms with Crippen molar-refractivity contribution in [1.82, 2.24) is 10.3 Å². The molecule has 0 bridgehead atoms. The van der Waals surface area contributed by atoms with Gasteiger partial charge in [0.15, 0.2) is 0 Å². The molecule has 1 unspecified atom stereocenters. The maximum absolute atomic E-state index is 5.35. The first-order valence-electron chi connectivity index (χ1n) is 16.3. The molecule has 48 heavy (non-hydrogen) atoms. The van der Waals surface area contributed by atoms with Gasteiger partial charge in [0, 0.05) is 29.1 Å². The highest BCUT2D eigenvalue weighted by atomic mass is 15.1. The molecule has 0 spiro atoms. The minimum absolute atomic E-state index is 0.0504. The summed E-state index contributed by atoms with van der Waals surface area (Å²) in [6, 6.07) is 58.4. The molecule has 3 nitrogen and oxygen atoms in total. The van der Waals surface area contributed by atoms with E-state index < -0.39 is 0 Å². The fourth-order valence-electron chi connectivity index (χ4n) is 7.03. The van der Waals surface area contributed by atoms with E-state index in [-0.39, 0.29) is 6.04 Å². The van der Waals surface area contributed by atoms with E-state index in [1.165, 1.54) is 38.2 Å². The van der Waals surface area contributed by atoms with E-state index in [0.29, 0.717) is 0 Å². The Morgan fingerprint density at radius 2 is 1.15 bits per heavy atom. The minimum Gasteiger partial charge on any atom is -0.359 e. The molecule has 0 saturated heterocycles. The number of pyridine rings is 1. The molecule has 8 aromatic rings. The lowest BCUT2D eigenvalue weighted by molar-refractivity contribution is 0.749. The minimum atomic E-state index is -0.0504. The number of aromatic nitrogens is 1. The van der Waals surface area contributed by atoms with Crippen molar-refractivity contribution in [3.05, 3.63) is 193 Å². The summed E-state index contributed by atoms with van der Waals surface area (Å²) in [5.41, 5.74) is 11.2. The van der Waals surface area contributed by atoms with E-state index in [0.717, 1.165) is 44.9 Å². The number of fused-ring (bicyclic) bond motifs is 4. The van der Waals surface area contributed by atoms with Gasteiger partial charge in [-0.25, -0.2) is 4.99 Å². The molecule has 226 valence electrons. The molecular formula is C45H31N3. The third-order valence-electron chi connectivity index (χ3n) is 9.38. The van der Waals surface area contributed by atoms with Crippen molar-refractivity contribution >= 4 is 33.1 Å². The highest BCUT2D eigenvalue weighted by Gasteiger charge is 2.25. The van der Waals surface area contributed by atoms with Crippen LogP contribution in [0.5, 0.6) is 0 Å². The Morgan fingerprint density at radius 1 is 0.458 bits per heavy atom. The maximum Gasteiger partial charge on any atom is 0.134 e. The first-order chi connectivity index (χ1) is 23.8. The number of amidine groups is 1. The summed E-state index contributed by atoms with van der Waals surface area (Å²) in [4.78, 5) is 9.82. The lowest BCUT2D eigenvalue weighted by atomic mass is 9.89. The second kappa shape index (κ2) is 11.8. The molecule has 0 amide bonds. The highest BCUT2D eigenvalue weighted by molar-refractivity contribution is 6.14. The van der Waals surface area contributed by atoms with Crippen molar-refractivity contribution in [1.29, 1.82) is 0 Å². The molecule has 0 radical (unpaired) electrons. The number of aliphatic imine (C=N–C) groups is 1. The van der Waals surface area contributed by atoms with Crippen LogP contribution in [0.2, 0.25) is 0 Å². The summed E-state index contributed by atoms with van der Waals surface area (Å²) in [5, 5.41) is 8.82. The van der Waals surface area contributed by atoms with Crippen LogP contribution in [0.1, 0.15) is 22.7 Å². The number of benzene rings is 7. The topological polar surface area (TPSA) is 37.3 Å². The van der Waals surface area contributed by atoms with Gasteiger partial charge in [-0.15, -0.1) is 0 Å². The molecule has 2 heterocycles. The molecule has 1 aliphatic rings. The molecule has 0 fully saturated rings. The quantitative estimate of drug-likeness (QED) is 0.196. The molecule has 0 saturated carbocycles. The SMILES string of the molecule is c1ccc(-c2ccc3c(c2)N=C(c2cc(-c4cccnc4)cc(-c4cc5ccccc5c5ccccc45)c2)NC3c2ccccc2)cc1. The zero-order valence-corrected chi connectivity index (χ0v) is 26.2. The second-order valence-electron chi connectivity index (χ2n) is 12.3. The average Bonchev–Trinajstić information content (AvgIpc) is 3.17. The van der Waals surface area contributed by atoms with Gasteiger partial charge >= 0.3 is 0 Å². The second-order valence-corrected chi connectivity index (χ2v) is 12.3. The molecule has 7 aromatic carbocycles. The normalized spacial score (nSPS) is 13.9. The Bertz CT molecular complexity index is 2470. The van der Waals surface area contributed by atoms with Crippen molar-refractivity contribution in [3.63, 3.8) is 0 Å². The number of rotatable bonds is 5. The molecule has 1 atom stereocenters. The van der Waals surface area contributed by atoms with E-state index in [1.807, 2.05) is 18.5 Å². The zero-order valence-electron chi connectivity index (χ0n) is 26.2. The molecule has 3 heteroatoms. The van der Waals surface area contributed by atoms with Crippen LogP contribution in [0.4, 0.5) is 5.69 Å². The zero-order chi connectivity index (χ0) is 31.9. The summed E-state index contributed by atoms with van der Waals surface area (Å²) in [6.07, 6.45) is 3.76. The van der Waals surface area contributed by atoms with Crippen LogP contribution in [0.15, 0.2) is 181 Å². The van der Waals surface area contributed by atoms with E-state index in [1.54, 1.807) is 0 Å². The van der Waals surface area contributed by atoms with Gasteiger partial charge in [-0.2, -0.15) is 0 Å². The van der Waals surface area contributed by atoms with Crippen molar-refractivity contribution in [3.8, 4) is 33.4 Å². The first kappa shape index (κ1) is 27.9. The van der Waals surface area contributed by atoms with Crippen LogP contribution < -0.4 is 5.32 Å². The third kappa shape index (κ3) is 5.03. The summed E-state index contributed by atoms with van der Waals surface area (Å²) in [7, 11) is 0. The number of nitrogens with one attached hydrogen (secondary N) is 1. The van der Waals surface area contributed by atoms with Crippen LogP contribution >= 0.6 is 0 Å². The van der Waals surface area contributed by atoms with Gasteiger partial charge in [-0.05, 0) is 91.3 Å². The monoisotopic (exact) mass is 613 g/mol. The molecular weight excluding hydrogens is 583 g/mol. The Kier molecular flexibility index (Phi) is 6.87. The fraction of sp³-hybridized carbons (Fsp3) is 0.0222. The van der Waals surface area contributed by atoms with Gasteiger partial charge in [0.25, 0.3) is 0 Å². The molecule has 1 aromatic heterocycles. The van der Waals surface area contributed by atoms with Crippen molar-refractivity contribution in [2.75, 3.05) is 0 Å². The number of hydrogen-bond acceptors (Lipinski definition) is 3. The van der Waals surface area contributed by atoms with Crippen LogP contribution in [0.25, 0.3) is 54.9 Å². The van der Waals surface area contributed by atoms with E-state index in [4.69, 9.17) is 4.99 Å². The summed E-state index contributed by atoms with van der Waals surface area (Å²) in [6.45, 7) is 0. The van der Waals surface area contributed by atoms with Crippen LogP contribution in [0, 0.1) is 0 Å². The third-order valence-corrected chi connectivity index (χ3v) is 9.38. The Hall–Kier alpha value is -6.32. The van der Waals surface area contributed by atoms with Crippen LogP contribution in [-0.2, 0) is 0 Å². The lowest BCUT2D eigenvalue weighted by Crippen LogP contribution is -2.32. The lowest BCUT2D eigenvalue weighted by Gasteiger charge is -2.28. The maximum atomic E-state index is 5.35. The van der Waals surface area contributed by atoms with Crippen molar-refractivity contribution in [2.24, 2.45) is 4.99 Å². The average molecular weight is 614 g/mol. The van der Waals surface area contributed by atoms with E-state index >= 15 is 0 Å². The Morgan fingerprint density at radius 3 is 1.96 bits per heavy atom. The van der Waals surface area contributed by atoms with Crippen LogP contribution in [-0.4, -0.2) is 10.8 Å². The van der Waals surface area contributed by atoms with Gasteiger partial charge in [0.05, 0.1) is 11.7 Å². The number of hydrogen-bond donors (Lipinski definition) is 1. The number of nitrogens with zero attached hydrogens (tertiary/aromatic N) is 2. The molecule has 1 N–H and O–H groups in total. The molecule has 1 aliphatic heterocycles. The van der Waals surface area contributed by atoms with Gasteiger partial charge in [0.1, 0.15) is 5.84 Å². The van der Waals surface area contributed by atoms with Crippen molar-refractivity contribution in [2.45, 2.75) is 6.04 Å². The molecule has 9 rings (SSSR count).